The lowest BCUT2D eigenvalue weighted by Crippen LogP contribution is -2.16. The van der Waals surface area contributed by atoms with Crippen molar-refractivity contribution in [3.05, 3.63) is 80.7 Å². The van der Waals surface area contributed by atoms with Gasteiger partial charge in [0.25, 0.3) is 5.69 Å². The fraction of sp³-hybridized carbons (Fsp3) is 0.238. The predicted molar refractivity (Wildman–Crippen MR) is 112 cm³/mol. The number of ether oxygens (including phenoxy) is 3. The summed E-state index contributed by atoms with van der Waals surface area (Å²) in [5, 5.41) is 28.9. The van der Waals surface area contributed by atoms with E-state index in [1.807, 2.05) is 0 Å². The number of aromatic carboxylic acids is 1. The summed E-state index contributed by atoms with van der Waals surface area (Å²) in [7, 11) is 4.24. The third-order valence-corrected chi connectivity index (χ3v) is 4.81. The van der Waals surface area contributed by atoms with E-state index in [2.05, 4.69) is 10.3 Å². The van der Waals surface area contributed by atoms with Gasteiger partial charge in [0.2, 0.25) is 5.78 Å². The second-order valence-electron chi connectivity index (χ2n) is 6.76. The summed E-state index contributed by atoms with van der Waals surface area (Å²) in [5.41, 5.74) is -0.887. The predicted octanol–water partition coefficient (Wildman–Crippen LogP) is 2.46. The molecular weight excluding hydrogens is 436 g/mol. The minimum absolute atomic E-state index is 0.0102. The van der Waals surface area contributed by atoms with E-state index in [1.54, 1.807) is 24.3 Å². The molecule has 0 bridgehead atoms. The summed E-state index contributed by atoms with van der Waals surface area (Å²) in [4.78, 5) is 35.9. The minimum Gasteiger partial charge on any atom is -0.497 e. The van der Waals surface area contributed by atoms with Gasteiger partial charge in [-0.2, -0.15) is 0 Å². The second-order valence-corrected chi connectivity index (χ2v) is 6.76. The van der Waals surface area contributed by atoms with Gasteiger partial charge in [0.1, 0.15) is 11.3 Å². The molecule has 0 saturated carbocycles. The van der Waals surface area contributed by atoms with Gasteiger partial charge in [0.05, 0.1) is 18.6 Å². The average Bonchev–Trinajstić information content (AvgIpc) is 3.23. The van der Waals surface area contributed by atoms with E-state index in [0.29, 0.717) is 16.9 Å². The summed E-state index contributed by atoms with van der Waals surface area (Å²) in [6, 6.07) is 10.6. The van der Waals surface area contributed by atoms with Crippen molar-refractivity contribution in [1.82, 2.24) is 15.0 Å². The van der Waals surface area contributed by atoms with E-state index in [-0.39, 0.29) is 12.1 Å². The van der Waals surface area contributed by atoms with E-state index in [4.69, 9.17) is 14.2 Å². The van der Waals surface area contributed by atoms with Crippen molar-refractivity contribution in [1.29, 1.82) is 0 Å². The summed E-state index contributed by atoms with van der Waals surface area (Å²) in [6.45, 7) is 0.0102. The third-order valence-electron chi connectivity index (χ3n) is 4.81. The van der Waals surface area contributed by atoms with Gasteiger partial charge in [0, 0.05) is 25.8 Å². The fourth-order valence-electron chi connectivity index (χ4n) is 3.23. The fourth-order valence-corrected chi connectivity index (χ4v) is 3.23. The highest BCUT2D eigenvalue weighted by Crippen LogP contribution is 2.28. The maximum Gasteiger partial charge on any atom is 0.356 e. The highest BCUT2D eigenvalue weighted by Gasteiger charge is 2.31. The van der Waals surface area contributed by atoms with Crippen molar-refractivity contribution >= 4 is 17.4 Å². The lowest BCUT2D eigenvalue weighted by Gasteiger charge is -2.14. The maximum atomic E-state index is 13.1. The van der Waals surface area contributed by atoms with Gasteiger partial charge in [-0.25, -0.2) is 9.48 Å². The Balaban J connectivity index is 2.01. The van der Waals surface area contributed by atoms with Crippen molar-refractivity contribution in [2.75, 3.05) is 21.3 Å². The molecule has 0 unspecified atom stereocenters. The first kappa shape index (κ1) is 23.5. The van der Waals surface area contributed by atoms with Crippen LogP contribution in [0.1, 0.15) is 44.0 Å². The largest absolute Gasteiger partial charge is 0.497 e. The summed E-state index contributed by atoms with van der Waals surface area (Å²) < 4.78 is 16.3. The van der Waals surface area contributed by atoms with Gasteiger partial charge in [-0.1, -0.05) is 23.4 Å². The Hall–Kier alpha value is -4.16. The second kappa shape index (κ2) is 9.97. The number of carbonyl (C=O) groups excluding carboxylic acids is 1. The molecule has 0 aliphatic heterocycles. The number of carbonyl (C=O) groups is 2. The zero-order valence-electron chi connectivity index (χ0n) is 17.9. The molecule has 0 fully saturated rings. The quantitative estimate of drug-likeness (QED) is 0.208. The Kier molecular flexibility index (Phi) is 7.10. The highest BCUT2D eigenvalue weighted by atomic mass is 16.7. The van der Waals surface area contributed by atoms with Crippen molar-refractivity contribution < 1.29 is 33.8 Å². The molecular formula is C21H20N4O8. The number of aromatic nitrogens is 3. The molecule has 0 aliphatic rings. The van der Waals surface area contributed by atoms with Crippen molar-refractivity contribution in [3.63, 3.8) is 0 Å². The van der Waals surface area contributed by atoms with E-state index in [9.17, 15) is 24.8 Å². The van der Waals surface area contributed by atoms with Crippen LogP contribution in [-0.2, 0) is 16.0 Å². The lowest BCUT2D eigenvalue weighted by atomic mass is 10.0. The SMILES string of the molecule is COc1ccc(Cn2nnc(C(=O)c3ccc(C(OC)OC)cc3[N+](=O)[O-])c2C(=O)O)cc1. The number of carboxylic acid groups (broad SMARTS) is 1. The molecule has 12 nitrogen and oxygen atoms in total. The average molecular weight is 456 g/mol. The monoisotopic (exact) mass is 456 g/mol. The molecule has 0 saturated heterocycles. The molecule has 12 heteroatoms. The minimum atomic E-state index is -1.45. The van der Waals surface area contributed by atoms with Crippen LogP contribution in [0.5, 0.6) is 5.75 Å². The zero-order valence-corrected chi connectivity index (χ0v) is 17.9. The van der Waals surface area contributed by atoms with Crippen LogP contribution in [0, 0.1) is 10.1 Å². The molecule has 0 radical (unpaired) electrons. The van der Waals surface area contributed by atoms with Crippen molar-refractivity contribution in [2.24, 2.45) is 0 Å². The number of carboxylic acids is 1. The third kappa shape index (κ3) is 4.86. The molecule has 3 rings (SSSR count). The van der Waals surface area contributed by atoms with Crippen LogP contribution < -0.4 is 4.74 Å². The molecule has 1 aromatic heterocycles. The molecule has 1 N–H and O–H groups in total. The Morgan fingerprint density at radius 1 is 1.12 bits per heavy atom. The van der Waals surface area contributed by atoms with E-state index in [1.165, 1.54) is 33.5 Å². The Morgan fingerprint density at radius 3 is 2.33 bits per heavy atom. The number of methoxy groups -OCH3 is 3. The smallest absolute Gasteiger partial charge is 0.356 e. The standard InChI is InChI=1S/C21H20N4O8/c1-31-14-7-4-12(5-8-14)11-24-18(20(27)28)17(22-23-24)19(26)15-9-6-13(21(32-2)33-3)10-16(15)25(29)30/h4-10,21H,11H2,1-3H3,(H,27,28). The molecule has 33 heavy (non-hydrogen) atoms. The molecule has 3 aromatic rings. The molecule has 0 atom stereocenters. The summed E-state index contributed by atoms with van der Waals surface area (Å²) >= 11 is 0. The normalized spacial score (nSPS) is 10.9. The number of ketones is 1. The molecule has 2 aromatic carbocycles. The van der Waals surface area contributed by atoms with Crippen LogP contribution in [0.2, 0.25) is 0 Å². The van der Waals surface area contributed by atoms with Gasteiger partial charge >= 0.3 is 5.97 Å². The van der Waals surface area contributed by atoms with Crippen LogP contribution >= 0.6 is 0 Å². The highest BCUT2D eigenvalue weighted by molar-refractivity contribution is 6.14. The Labute approximate surface area is 187 Å². The van der Waals surface area contributed by atoms with Crippen LogP contribution in [0.3, 0.4) is 0 Å². The maximum absolute atomic E-state index is 13.1. The molecule has 0 spiro atoms. The lowest BCUT2D eigenvalue weighted by molar-refractivity contribution is -0.385. The first-order valence-electron chi connectivity index (χ1n) is 9.49. The Morgan fingerprint density at radius 2 is 1.79 bits per heavy atom. The van der Waals surface area contributed by atoms with Gasteiger partial charge < -0.3 is 19.3 Å². The van der Waals surface area contributed by atoms with Gasteiger partial charge in [-0.15, -0.1) is 5.10 Å². The first-order valence-corrected chi connectivity index (χ1v) is 9.49. The number of rotatable bonds is 10. The van der Waals surface area contributed by atoms with Crippen LogP contribution in [0.25, 0.3) is 0 Å². The molecule has 0 amide bonds. The van der Waals surface area contributed by atoms with Crippen molar-refractivity contribution in [2.45, 2.75) is 12.8 Å². The van der Waals surface area contributed by atoms with Crippen molar-refractivity contribution in [3.8, 4) is 5.75 Å². The number of nitro benzene ring substituents is 1. The van der Waals surface area contributed by atoms with Crippen LogP contribution in [0.4, 0.5) is 5.69 Å². The van der Waals surface area contributed by atoms with Gasteiger partial charge in [-0.05, 0) is 23.8 Å². The summed E-state index contributed by atoms with van der Waals surface area (Å²) in [5.74, 6) is -1.78. The number of hydrogen-bond donors (Lipinski definition) is 1. The van der Waals surface area contributed by atoms with Gasteiger partial charge in [0.15, 0.2) is 17.7 Å². The molecule has 1 heterocycles. The van der Waals surface area contributed by atoms with E-state index < -0.39 is 40.0 Å². The zero-order chi connectivity index (χ0) is 24.1. The van der Waals surface area contributed by atoms with E-state index >= 15 is 0 Å². The molecule has 0 aliphatic carbocycles. The van der Waals surface area contributed by atoms with Crippen LogP contribution in [0.15, 0.2) is 42.5 Å². The number of nitro groups is 1. The first-order chi connectivity index (χ1) is 15.8. The van der Waals surface area contributed by atoms with Gasteiger partial charge in [-0.3, -0.25) is 14.9 Å². The summed E-state index contributed by atoms with van der Waals surface area (Å²) in [6.07, 6.45) is -0.882. The number of hydrogen-bond acceptors (Lipinski definition) is 9. The number of nitrogens with zero attached hydrogens (tertiary/aromatic N) is 4. The van der Waals surface area contributed by atoms with Crippen LogP contribution in [-0.4, -0.2) is 58.1 Å². The Bertz CT molecular complexity index is 1190. The number of benzene rings is 2. The van der Waals surface area contributed by atoms with E-state index in [0.717, 1.165) is 10.7 Å². The topological polar surface area (TPSA) is 156 Å². The molecule has 172 valence electrons.